The summed E-state index contributed by atoms with van der Waals surface area (Å²) in [7, 11) is 1.58. The summed E-state index contributed by atoms with van der Waals surface area (Å²) in [5, 5.41) is 6.21. The Kier molecular flexibility index (Phi) is 6.60. The maximum atomic E-state index is 15.4. The lowest BCUT2D eigenvalue weighted by Gasteiger charge is -2.21. The second-order valence-electron chi connectivity index (χ2n) is 9.66. The number of benzene rings is 2. The number of halogens is 1. The number of rotatable bonds is 5. The Labute approximate surface area is 207 Å². The van der Waals surface area contributed by atoms with Crippen molar-refractivity contribution >= 4 is 38.4 Å². The number of alkyl carbamates (subject to hydrolysis) is 1. The smallest absolute Gasteiger partial charge is 0.407 e. The zero-order valence-corrected chi connectivity index (χ0v) is 21.5. The third kappa shape index (κ3) is 4.89. The lowest BCUT2D eigenvalue weighted by atomic mass is 9.92. The maximum Gasteiger partial charge on any atom is 0.407 e. The van der Waals surface area contributed by atoms with Crippen LogP contribution in [0.1, 0.15) is 44.7 Å². The summed E-state index contributed by atoms with van der Waals surface area (Å²) < 4.78 is 26.9. The number of hydrogen-bond donors (Lipinski definition) is 2. The van der Waals surface area contributed by atoms with E-state index in [2.05, 4.69) is 10.3 Å². The van der Waals surface area contributed by atoms with Crippen molar-refractivity contribution in [2.45, 2.75) is 46.1 Å². The molecule has 2 N–H and O–H groups in total. The Balaban J connectivity index is 1.75. The summed E-state index contributed by atoms with van der Waals surface area (Å²) in [6.45, 7) is 9.35. The summed E-state index contributed by atoms with van der Waals surface area (Å²) in [6.07, 6.45) is -0.536. The highest BCUT2D eigenvalue weighted by atomic mass is 32.1. The number of methoxy groups -OCH3 is 1. The van der Waals surface area contributed by atoms with Crippen molar-refractivity contribution in [3.63, 3.8) is 0 Å². The Bertz CT molecular complexity index is 1480. The molecule has 0 unspecified atom stereocenters. The van der Waals surface area contributed by atoms with Gasteiger partial charge >= 0.3 is 6.09 Å². The van der Waals surface area contributed by atoms with Crippen molar-refractivity contribution in [1.82, 2.24) is 10.3 Å². The quantitative estimate of drug-likeness (QED) is 0.331. The first-order valence-corrected chi connectivity index (χ1v) is 12.3. The van der Waals surface area contributed by atoms with E-state index in [-0.39, 0.29) is 23.8 Å². The molecule has 0 bridgehead atoms. The zero-order valence-electron chi connectivity index (χ0n) is 20.7. The second-order valence-corrected chi connectivity index (χ2v) is 10.6. The van der Waals surface area contributed by atoms with E-state index in [0.29, 0.717) is 27.1 Å². The van der Waals surface area contributed by atoms with Gasteiger partial charge in [-0.15, -0.1) is 11.3 Å². The normalized spacial score (nSPS) is 12.7. The molecule has 4 rings (SSSR count). The fraction of sp³-hybridized carbons (Fsp3) is 0.333. The van der Waals surface area contributed by atoms with Crippen molar-refractivity contribution in [3.8, 4) is 16.9 Å². The van der Waals surface area contributed by atoms with E-state index in [4.69, 9.17) is 9.47 Å². The van der Waals surface area contributed by atoms with Crippen LogP contribution in [0.25, 0.3) is 32.1 Å². The van der Waals surface area contributed by atoms with Crippen LogP contribution in [-0.2, 0) is 4.74 Å². The van der Waals surface area contributed by atoms with E-state index in [1.54, 1.807) is 33.9 Å². The fourth-order valence-corrected chi connectivity index (χ4v) is 5.05. The van der Waals surface area contributed by atoms with Crippen molar-refractivity contribution in [2.24, 2.45) is 0 Å². The van der Waals surface area contributed by atoms with Gasteiger partial charge in [-0.1, -0.05) is 19.1 Å². The lowest BCUT2D eigenvalue weighted by molar-refractivity contribution is 0.0525. The maximum absolute atomic E-state index is 15.4. The number of ether oxygens (including phenoxy) is 2. The number of carbonyl (C=O) groups is 1. The highest BCUT2D eigenvalue weighted by Crippen LogP contribution is 2.42. The number of nitrogens with one attached hydrogen (secondary N) is 2. The van der Waals surface area contributed by atoms with Crippen LogP contribution in [0, 0.1) is 12.7 Å². The summed E-state index contributed by atoms with van der Waals surface area (Å²) in [4.78, 5) is 27.6. The van der Waals surface area contributed by atoms with E-state index in [9.17, 15) is 9.59 Å². The molecule has 184 valence electrons. The minimum atomic E-state index is -0.603. The first kappa shape index (κ1) is 24.7. The Morgan fingerprint density at radius 2 is 1.97 bits per heavy atom. The number of thiophene rings is 1. The molecule has 8 heteroatoms. The molecular formula is C27H29FN2O4S. The molecule has 0 aliphatic carbocycles. The lowest BCUT2D eigenvalue weighted by Crippen LogP contribution is -2.34. The number of fused-ring (bicyclic) bond motifs is 3. The monoisotopic (exact) mass is 496 g/mol. The minimum absolute atomic E-state index is 0.144. The van der Waals surface area contributed by atoms with Crippen LogP contribution >= 0.6 is 11.3 Å². The van der Waals surface area contributed by atoms with Gasteiger partial charge in [0.1, 0.15) is 21.9 Å². The third-order valence-electron chi connectivity index (χ3n) is 5.86. The Morgan fingerprint density at radius 1 is 1.23 bits per heavy atom. The molecule has 1 atom stereocenters. The number of pyridine rings is 1. The topological polar surface area (TPSA) is 80.4 Å². The summed E-state index contributed by atoms with van der Waals surface area (Å²) in [5.74, 6) is -0.0581. The largest absolute Gasteiger partial charge is 0.496 e. The molecule has 0 fully saturated rings. The molecule has 0 aliphatic heterocycles. The number of aromatic amines is 1. The van der Waals surface area contributed by atoms with Gasteiger partial charge in [0.25, 0.3) is 5.56 Å². The molecule has 0 saturated heterocycles. The summed E-state index contributed by atoms with van der Waals surface area (Å²) >= 11 is 1.37. The number of H-pyrrole nitrogens is 1. The molecular weight excluding hydrogens is 467 g/mol. The number of aromatic nitrogens is 1. The fourth-order valence-electron chi connectivity index (χ4n) is 4.26. The molecule has 2 aromatic heterocycles. The van der Waals surface area contributed by atoms with E-state index in [1.165, 1.54) is 17.4 Å². The molecule has 2 heterocycles. The third-order valence-corrected chi connectivity index (χ3v) is 6.77. The molecule has 4 aromatic rings. The van der Waals surface area contributed by atoms with Crippen LogP contribution < -0.4 is 15.6 Å². The number of aryl methyl sites for hydroxylation is 1. The van der Waals surface area contributed by atoms with Gasteiger partial charge in [0.2, 0.25) is 0 Å². The van der Waals surface area contributed by atoms with Crippen molar-refractivity contribution in [3.05, 3.63) is 63.0 Å². The van der Waals surface area contributed by atoms with Crippen LogP contribution in [0.15, 0.2) is 40.5 Å². The van der Waals surface area contributed by atoms with Gasteiger partial charge < -0.3 is 19.8 Å². The molecule has 0 saturated carbocycles. The summed E-state index contributed by atoms with van der Waals surface area (Å²) in [5.41, 5.74) is 2.66. The van der Waals surface area contributed by atoms with Gasteiger partial charge in [-0.05, 0) is 68.0 Å². The van der Waals surface area contributed by atoms with E-state index in [0.717, 1.165) is 21.9 Å². The Morgan fingerprint density at radius 3 is 2.63 bits per heavy atom. The van der Waals surface area contributed by atoms with Gasteiger partial charge in [0, 0.05) is 28.8 Å². The van der Waals surface area contributed by atoms with Crippen LogP contribution in [-0.4, -0.2) is 30.3 Å². The van der Waals surface area contributed by atoms with Crippen molar-refractivity contribution < 1.29 is 18.7 Å². The highest BCUT2D eigenvalue weighted by molar-refractivity contribution is 7.17. The van der Waals surface area contributed by atoms with E-state index in [1.807, 2.05) is 37.4 Å². The molecule has 0 radical (unpaired) electrons. The van der Waals surface area contributed by atoms with E-state index < -0.39 is 11.7 Å². The Hall–Kier alpha value is -3.39. The number of hydrogen-bond acceptors (Lipinski definition) is 5. The van der Waals surface area contributed by atoms with Crippen LogP contribution in [0.2, 0.25) is 0 Å². The average molecular weight is 497 g/mol. The standard InChI is InChI=1S/C27H29FN2O4S/c1-14-11-20(33-6)21(22-18-9-10-35-24(18)25(31)30-23(14)22)16-7-8-17(19(28)12-16)15(2)13-29-26(32)34-27(3,4)5/h7-12,15H,13H2,1-6H3,(H,29,32)(H,30,31)/t15-/m1/s1. The van der Waals surface area contributed by atoms with E-state index >= 15 is 4.39 Å². The van der Waals surface area contributed by atoms with Gasteiger partial charge in [0.15, 0.2) is 0 Å². The van der Waals surface area contributed by atoms with Gasteiger partial charge in [-0.25, -0.2) is 9.18 Å². The van der Waals surface area contributed by atoms with Crippen molar-refractivity contribution in [2.75, 3.05) is 13.7 Å². The first-order chi connectivity index (χ1) is 16.5. The predicted octanol–water partition coefficient (Wildman–Crippen LogP) is 6.49. The van der Waals surface area contributed by atoms with Crippen molar-refractivity contribution in [1.29, 1.82) is 0 Å². The SMILES string of the molecule is COc1cc(C)c2[nH]c(=O)c3sccc3c2c1-c1ccc([C@H](C)CNC(=O)OC(C)(C)C)c(F)c1. The van der Waals surface area contributed by atoms with Crippen LogP contribution in [0.4, 0.5) is 9.18 Å². The highest BCUT2D eigenvalue weighted by Gasteiger charge is 2.21. The summed E-state index contributed by atoms with van der Waals surface area (Å²) in [6, 6.07) is 8.82. The minimum Gasteiger partial charge on any atom is -0.496 e. The van der Waals surface area contributed by atoms with Gasteiger partial charge in [0.05, 0.1) is 12.6 Å². The number of amides is 1. The zero-order chi connectivity index (χ0) is 25.5. The van der Waals surface area contributed by atoms with Gasteiger partial charge in [-0.2, -0.15) is 0 Å². The van der Waals surface area contributed by atoms with Gasteiger partial charge in [-0.3, -0.25) is 4.79 Å². The average Bonchev–Trinajstić information content (AvgIpc) is 3.27. The molecule has 6 nitrogen and oxygen atoms in total. The van der Waals surface area contributed by atoms with Crippen LogP contribution in [0.3, 0.4) is 0 Å². The second kappa shape index (κ2) is 9.34. The molecule has 0 spiro atoms. The molecule has 35 heavy (non-hydrogen) atoms. The molecule has 1 amide bonds. The predicted molar refractivity (Wildman–Crippen MR) is 139 cm³/mol. The molecule has 2 aromatic carbocycles. The van der Waals surface area contributed by atoms with Crippen LogP contribution in [0.5, 0.6) is 5.75 Å². The first-order valence-electron chi connectivity index (χ1n) is 11.4. The number of carbonyl (C=O) groups excluding carboxylic acids is 1. The molecule has 0 aliphatic rings.